The van der Waals surface area contributed by atoms with Crippen LogP contribution in [0.4, 0.5) is 0 Å². The monoisotopic (exact) mass is 666 g/mol. The number of nitrogens with zero attached hydrogens (tertiary/aromatic N) is 1. The molecule has 0 amide bonds. The third-order valence-electron chi connectivity index (χ3n) is 10.2. The maximum atomic E-state index is 6.29. The van der Waals surface area contributed by atoms with E-state index in [-0.39, 0.29) is 0 Å². The minimum Gasteiger partial charge on any atom is -0.381 e. The Labute approximate surface area is 299 Å². The van der Waals surface area contributed by atoms with E-state index in [4.69, 9.17) is 9.47 Å². The van der Waals surface area contributed by atoms with Gasteiger partial charge in [-0.3, -0.25) is 4.90 Å². The van der Waals surface area contributed by atoms with E-state index in [9.17, 15) is 0 Å². The first-order valence-electron chi connectivity index (χ1n) is 21.0. The van der Waals surface area contributed by atoms with E-state index < -0.39 is 0 Å². The summed E-state index contributed by atoms with van der Waals surface area (Å²) < 4.78 is 12.6. The maximum absolute atomic E-state index is 6.29. The minimum atomic E-state index is 0.582. The van der Waals surface area contributed by atoms with E-state index >= 15 is 0 Å². The number of benzene rings is 1. The van der Waals surface area contributed by atoms with E-state index in [1.807, 2.05) is 0 Å². The molecule has 1 aliphatic heterocycles. The van der Waals surface area contributed by atoms with Crippen LogP contribution in [0.1, 0.15) is 174 Å². The van der Waals surface area contributed by atoms with Crippen molar-refractivity contribution in [1.29, 1.82) is 0 Å². The summed E-state index contributed by atoms with van der Waals surface area (Å²) in [5, 5.41) is 0. The first kappa shape index (κ1) is 42.7. The number of hydrogen-bond acceptors (Lipinski definition) is 3. The van der Waals surface area contributed by atoms with Crippen molar-refractivity contribution in [2.75, 3.05) is 39.5 Å². The van der Waals surface area contributed by atoms with Gasteiger partial charge in [0.25, 0.3) is 0 Å². The van der Waals surface area contributed by atoms with Crippen molar-refractivity contribution in [2.45, 2.75) is 174 Å². The van der Waals surface area contributed by atoms with Crippen LogP contribution in [0.15, 0.2) is 54.6 Å². The second-order valence-corrected chi connectivity index (χ2v) is 14.8. The van der Waals surface area contributed by atoms with Gasteiger partial charge < -0.3 is 9.47 Å². The number of unbranched alkanes of at least 4 members (excludes halogenated alkanes) is 20. The highest BCUT2D eigenvalue weighted by Crippen LogP contribution is 2.26. The summed E-state index contributed by atoms with van der Waals surface area (Å²) in [6.07, 6.45) is 41.6. The molecule has 48 heavy (non-hydrogen) atoms. The zero-order valence-corrected chi connectivity index (χ0v) is 32.0. The molecular formula is C45H79NO2. The Morgan fingerprint density at radius 3 is 1.29 bits per heavy atom. The Hall–Kier alpha value is -1.42. The molecule has 0 N–H and O–H groups in total. The fourth-order valence-electron chi connectivity index (χ4n) is 7.05. The molecule has 0 aromatic heterocycles. The molecule has 276 valence electrons. The van der Waals surface area contributed by atoms with Gasteiger partial charge in [0.05, 0.1) is 13.2 Å². The predicted molar refractivity (Wildman–Crippen MR) is 211 cm³/mol. The zero-order valence-electron chi connectivity index (χ0n) is 32.0. The lowest BCUT2D eigenvalue weighted by atomic mass is 9.98. The van der Waals surface area contributed by atoms with E-state index in [0.717, 1.165) is 46.1 Å². The minimum absolute atomic E-state index is 0.582. The van der Waals surface area contributed by atoms with Crippen LogP contribution in [0.25, 0.3) is 0 Å². The summed E-state index contributed by atoms with van der Waals surface area (Å²) in [5.41, 5.74) is 1.41. The summed E-state index contributed by atoms with van der Waals surface area (Å²) in [4.78, 5) is 2.63. The SMILES string of the molecule is CCCCCCC=CCCCCCCCCOCC1CN(Cc2ccccc2)CC1COCCCCCCCCC=CCCCCCC. The van der Waals surface area contributed by atoms with E-state index in [1.165, 1.54) is 160 Å². The molecule has 3 nitrogen and oxygen atoms in total. The predicted octanol–water partition coefficient (Wildman–Crippen LogP) is 13.3. The maximum Gasteiger partial charge on any atom is 0.0510 e. The lowest BCUT2D eigenvalue weighted by molar-refractivity contribution is 0.0482. The van der Waals surface area contributed by atoms with Crippen LogP contribution in [0.2, 0.25) is 0 Å². The molecule has 0 aliphatic carbocycles. The smallest absolute Gasteiger partial charge is 0.0510 e. The van der Waals surface area contributed by atoms with Crippen molar-refractivity contribution in [3.8, 4) is 0 Å². The zero-order chi connectivity index (χ0) is 34.0. The highest BCUT2D eigenvalue weighted by molar-refractivity contribution is 5.14. The first-order valence-corrected chi connectivity index (χ1v) is 21.0. The summed E-state index contributed by atoms with van der Waals surface area (Å²) in [6, 6.07) is 11.0. The first-order chi connectivity index (χ1) is 23.8. The van der Waals surface area contributed by atoms with Crippen molar-refractivity contribution in [3.63, 3.8) is 0 Å². The molecule has 1 saturated heterocycles. The van der Waals surface area contributed by atoms with Crippen LogP contribution < -0.4 is 0 Å². The Morgan fingerprint density at radius 2 is 0.875 bits per heavy atom. The molecule has 1 aromatic rings. The van der Waals surface area contributed by atoms with Crippen LogP contribution in [-0.2, 0) is 16.0 Å². The Balaban J connectivity index is 1.50. The Morgan fingerprint density at radius 1 is 0.500 bits per heavy atom. The van der Waals surface area contributed by atoms with Crippen molar-refractivity contribution in [1.82, 2.24) is 4.90 Å². The molecule has 0 bridgehead atoms. The van der Waals surface area contributed by atoms with Crippen molar-refractivity contribution >= 4 is 0 Å². The molecule has 2 rings (SSSR count). The fraction of sp³-hybridized carbons (Fsp3) is 0.778. The van der Waals surface area contributed by atoms with Gasteiger partial charge in [-0.15, -0.1) is 0 Å². The molecule has 2 unspecified atom stereocenters. The van der Waals surface area contributed by atoms with Gasteiger partial charge in [0.1, 0.15) is 0 Å². The van der Waals surface area contributed by atoms with Gasteiger partial charge >= 0.3 is 0 Å². The van der Waals surface area contributed by atoms with Crippen molar-refractivity contribution in [3.05, 3.63) is 60.2 Å². The number of likely N-dealkylation sites (tertiary alicyclic amines) is 1. The van der Waals surface area contributed by atoms with Crippen LogP contribution >= 0.6 is 0 Å². The normalized spacial score (nSPS) is 17.0. The van der Waals surface area contributed by atoms with Crippen LogP contribution in [-0.4, -0.2) is 44.4 Å². The topological polar surface area (TPSA) is 21.7 Å². The number of ether oxygens (including phenoxy) is 2. The summed E-state index contributed by atoms with van der Waals surface area (Å²) in [5.74, 6) is 1.16. The summed E-state index contributed by atoms with van der Waals surface area (Å²) in [6.45, 7) is 11.5. The molecule has 1 fully saturated rings. The second-order valence-electron chi connectivity index (χ2n) is 14.8. The van der Waals surface area contributed by atoms with Crippen LogP contribution in [0.5, 0.6) is 0 Å². The van der Waals surface area contributed by atoms with Gasteiger partial charge in [-0.25, -0.2) is 0 Å². The van der Waals surface area contributed by atoms with E-state index in [0.29, 0.717) is 11.8 Å². The van der Waals surface area contributed by atoms with Crippen LogP contribution in [0.3, 0.4) is 0 Å². The average molecular weight is 666 g/mol. The van der Waals surface area contributed by atoms with E-state index in [2.05, 4.69) is 73.4 Å². The largest absolute Gasteiger partial charge is 0.381 e. The quantitative estimate of drug-likeness (QED) is 0.0540. The molecule has 1 heterocycles. The van der Waals surface area contributed by atoms with Crippen molar-refractivity contribution < 1.29 is 9.47 Å². The third-order valence-corrected chi connectivity index (χ3v) is 10.2. The van der Waals surface area contributed by atoms with Gasteiger partial charge in [0, 0.05) is 44.7 Å². The number of hydrogen-bond donors (Lipinski definition) is 0. The molecule has 1 aromatic carbocycles. The van der Waals surface area contributed by atoms with Gasteiger partial charge in [-0.05, 0) is 69.8 Å². The number of allylic oxidation sites excluding steroid dienone is 4. The summed E-state index contributed by atoms with van der Waals surface area (Å²) in [7, 11) is 0. The van der Waals surface area contributed by atoms with Crippen LogP contribution in [0, 0.1) is 11.8 Å². The Bertz CT molecular complexity index is 802. The number of rotatable bonds is 34. The van der Waals surface area contributed by atoms with Gasteiger partial charge in [-0.1, -0.05) is 158 Å². The van der Waals surface area contributed by atoms with Crippen molar-refractivity contribution in [2.24, 2.45) is 11.8 Å². The molecular weight excluding hydrogens is 587 g/mol. The fourth-order valence-corrected chi connectivity index (χ4v) is 7.05. The summed E-state index contributed by atoms with van der Waals surface area (Å²) >= 11 is 0. The molecule has 2 atom stereocenters. The average Bonchev–Trinajstić information content (AvgIpc) is 3.48. The molecule has 1 aliphatic rings. The second kappa shape index (κ2) is 32.8. The van der Waals surface area contributed by atoms with E-state index in [1.54, 1.807) is 0 Å². The Kier molecular flexibility index (Phi) is 29.2. The molecule has 0 spiro atoms. The van der Waals surface area contributed by atoms with Gasteiger partial charge in [0.15, 0.2) is 0 Å². The van der Waals surface area contributed by atoms with Gasteiger partial charge in [-0.2, -0.15) is 0 Å². The highest BCUT2D eigenvalue weighted by atomic mass is 16.5. The van der Waals surface area contributed by atoms with Gasteiger partial charge in [0.2, 0.25) is 0 Å². The lowest BCUT2D eigenvalue weighted by Crippen LogP contribution is -2.23. The molecule has 3 heteroatoms. The highest BCUT2D eigenvalue weighted by Gasteiger charge is 2.32. The lowest BCUT2D eigenvalue weighted by Gasteiger charge is -2.18. The standard InChI is InChI=1S/C45H79NO2/c1-3-5-7-9-11-13-15-17-19-21-23-25-27-32-36-47-41-44-39-46(38-43-34-30-29-31-35-43)40-45(44)42-48-37-33-28-26-24-22-20-18-16-14-12-10-8-6-4-2/h13-16,29-31,34-35,44-45H,3-12,17-28,32-33,36-42H2,1-2H3. The third kappa shape index (κ3) is 24.7. The molecule has 0 saturated carbocycles. The molecule has 0 radical (unpaired) electrons.